The van der Waals surface area contributed by atoms with Crippen LogP contribution in [0.3, 0.4) is 0 Å². The van der Waals surface area contributed by atoms with Gasteiger partial charge in [-0.15, -0.1) is 0 Å². The molecule has 0 aromatic heterocycles. The fourth-order valence-corrected chi connectivity index (χ4v) is 2.40. The number of hydrogen-bond acceptors (Lipinski definition) is 4. The van der Waals surface area contributed by atoms with Crippen molar-refractivity contribution in [2.45, 2.75) is 25.6 Å². The van der Waals surface area contributed by atoms with E-state index in [0.29, 0.717) is 17.4 Å². The first-order valence-electron chi connectivity index (χ1n) is 8.10. The highest BCUT2D eigenvalue weighted by Gasteiger charge is 2.31. The second-order valence-electron chi connectivity index (χ2n) is 5.84. The Morgan fingerprint density at radius 2 is 1.79 bits per heavy atom. The minimum atomic E-state index is -4.58. The zero-order valence-corrected chi connectivity index (χ0v) is 15.7. The summed E-state index contributed by atoms with van der Waals surface area (Å²) in [4.78, 5) is 24.1. The van der Waals surface area contributed by atoms with Crippen LogP contribution in [0.1, 0.15) is 18.1 Å². The van der Waals surface area contributed by atoms with Gasteiger partial charge in [-0.2, -0.15) is 13.2 Å². The van der Waals surface area contributed by atoms with Gasteiger partial charge in [0.15, 0.2) is 6.10 Å². The van der Waals surface area contributed by atoms with Gasteiger partial charge in [0, 0.05) is 0 Å². The third kappa shape index (κ3) is 5.88. The third-order valence-corrected chi connectivity index (χ3v) is 4.07. The lowest BCUT2D eigenvalue weighted by Gasteiger charge is -2.15. The fourth-order valence-electron chi connectivity index (χ4n) is 2.23. The van der Waals surface area contributed by atoms with E-state index in [-0.39, 0.29) is 17.1 Å². The number of anilines is 1. The molecule has 5 nitrogen and oxygen atoms in total. The highest BCUT2D eigenvalue weighted by atomic mass is 35.5. The summed E-state index contributed by atoms with van der Waals surface area (Å²) in [6.07, 6.45) is -5.89. The summed E-state index contributed by atoms with van der Waals surface area (Å²) in [5.41, 5.74) is -0.532. The molecule has 0 aliphatic heterocycles. The number of rotatable bonds is 6. The number of benzene rings is 2. The molecule has 0 spiro atoms. The number of amides is 1. The van der Waals surface area contributed by atoms with Gasteiger partial charge in [0.1, 0.15) is 5.75 Å². The molecular formula is C19H17ClF3NO4. The van der Waals surface area contributed by atoms with Crippen molar-refractivity contribution in [2.75, 3.05) is 12.4 Å². The monoisotopic (exact) mass is 415 g/mol. The Labute approximate surface area is 164 Å². The highest BCUT2D eigenvalue weighted by molar-refractivity contribution is 6.33. The van der Waals surface area contributed by atoms with Crippen LogP contribution in [0.4, 0.5) is 18.9 Å². The fraction of sp³-hybridized carbons (Fsp3) is 0.263. The number of nitrogens with one attached hydrogen (secondary N) is 1. The van der Waals surface area contributed by atoms with Crippen molar-refractivity contribution in [2.24, 2.45) is 0 Å². The van der Waals surface area contributed by atoms with Crippen LogP contribution in [0.5, 0.6) is 5.75 Å². The zero-order chi connectivity index (χ0) is 20.9. The molecule has 0 heterocycles. The third-order valence-electron chi connectivity index (χ3n) is 3.74. The summed E-state index contributed by atoms with van der Waals surface area (Å²) in [6.45, 7) is 1.31. The smallest absolute Gasteiger partial charge is 0.416 e. The van der Waals surface area contributed by atoms with Crippen LogP contribution >= 0.6 is 11.6 Å². The van der Waals surface area contributed by atoms with E-state index >= 15 is 0 Å². The van der Waals surface area contributed by atoms with E-state index in [4.69, 9.17) is 21.1 Å². The van der Waals surface area contributed by atoms with Crippen LogP contribution in [0.15, 0.2) is 42.5 Å². The van der Waals surface area contributed by atoms with E-state index < -0.39 is 29.7 Å². The van der Waals surface area contributed by atoms with Crippen molar-refractivity contribution in [1.82, 2.24) is 0 Å². The predicted molar refractivity (Wildman–Crippen MR) is 97.3 cm³/mol. The van der Waals surface area contributed by atoms with Crippen LogP contribution in [0.2, 0.25) is 5.02 Å². The molecule has 0 radical (unpaired) electrons. The van der Waals surface area contributed by atoms with Gasteiger partial charge in [-0.25, -0.2) is 0 Å². The number of ether oxygens (including phenoxy) is 2. The largest absolute Gasteiger partial charge is 0.497 e. The van der Waals surface area contributed by atoms with Gasteiger partial charge in [-0.05, 0) is 42.8 Å². The molecule has 2 aromatic carbocycles. The number of esters is 1. The van der Waals surface area contributed by atoms with Crippen LogP contribution in [-0.4, -0.2) is 25.1 Å². The predicted octanol–water partition coefficient (Wildman–Crippen LogP) is 4.48. The zero-order valence-electron chi connectivity index (χ0n) is 15.0. The lowest BCUT2D eigenvalue weighted by Crippen LogP contribution is -2.30. The van der Waals surface area contributed by atoms with Gasteiger partial charge in [0.05, 0.1) is 29.8 Å². The topological polar surface area (TPSA) is 64.6 Å². The first-order chi connectivity index (χ1) is 13.1. The minimum absolute atomic E-state index is 0.0712. The summed E-state index contributed by atoms with van der Waals surface area (Å²) >= 11 is 5.83. The summed E-state index contributed by atoms with van der Waals surface area (Å²) in [5.74, 6) is -0.838. The molecule has 1 atom stereocenters. The van der Waals surface area contributed by atoms with Gasteiger partial charge in [-0.1, -0.05) is 23.7 Å². The maximum absolute atomic E-state index is 12.8. The molecule has 0 aliphatic rings. The second kappa shape index (κ2) is 8.97. The van der Waals surface area contributed by atoms with E-state index in [9.17, 15) is 22.8 Å². The van der Waals surface area contributed by atoms with Crippen molar-refractivity contribution in [3.63, 3.8) is 0 Å². The van der Waals surface area contributed by atoms with E-state index in [2.05, 4.69) is 5.32 Å². The Bertz CT molecular complexity index is 853. The Kier molecular flexibility index (Phi) is 6.90. The number of alkyl halides is 3. The lowest BCUT2D eigenvalue weighted by atomic mass is 10.1. The number of halogens is 4. The lowest BCUT2D eigenvalue weighted by molar-refractivity contribution is -0.152. The van der Waals surface area contributed by atoms with Crippen LogP contribution in [0, 0.1) is 0 Å². The van der Waals surface area contributed by atoms with Gasteiger partial charge < -0.3 is 14.8 Å². The van der Waals surface area contributed by atoms with Gasteiger partial charge in [-0.3, -0.25) is 9.59 Å². The van der Waals surface area contributed by atoms with Crippen molar-refractivity contribution in [1.29, 1.82) is 0 Å². The molecule has 0 saturated heterocycles. The molecule has 2 aromatic rings. The summed E-state index contributed by atoms with van der Waals surface area (Å²) in [7, 11) is 1.51. The van der Waals surface area contributed by atoms with Crippen LogP contribution < -0.4 is 10.1 Å². The van der Waals surface area contributed by atoms with E-state index in [1.165, 1.54) is 14.0 Å². The number of hydrogen-bond donors (Lipinski definition) is 1. The molecule has 0 fully saturated rings. The normalized spacial score (nSPS) is 12.2. The van der Waals surface area contributed by atoms with Gasteiger partial charge in [0.2, 0.25) is 0 Å². The average molecular weight is 416 g/mol. The van der Waals surface area contributed by atoms with Crippen molar-refractivity contribution in [3.8, 4) is 5.75 Å². The van der Waals surface area contributed by atoms with Crippen LogP contribution in [0.25, 0.3) is 0 Å². The molecule has 9 heteroatoms. The van der Waals surface area contributed by atoms with E-state index in [1.807, 2.05) is 0 Å². The van der Waals surface area contributed by atoms with Crippen molar-refractivity contribution >= 4 is 29.2 Å². The van der Waals surface area contributed by atoms with Crippen LogP contribution in [-0.2, 0) is 26.9 Å². The average Bonchev–Trinajstić information content (AvgIpc) is 2.63. The summed E-state index contributed by atoms with van der Waals surface area (Å²) in [5, 5.41) is 2.17. The number of methoxy groups -OCH3 is 1. The molecule has 2 rings (SSSR count). The SMILES string of the molecule is COc1ccc(CC(=O)O[C@@H](C)C(=O)Nc2cc(C(F)(F)F)ccc2Cl)cc1. The molecule has 1 N–H and O–H groups in total. The van der Waals surface area contributed by atoms with E-state index in [1.54, 1.807) is 24.3 Å². The maximum Gasteiger partial charge on any atom is 0.416 e. The first kappa shape index (κ1) is 21.6. The molecule has 0 bridgehead atoms. The molecule has 0 saturated carbocycles. The molecular weight excluding hydrogens is 399 g/mol. The summed E-state index contributed by atoms with van der Waals surface area (Å²) < 4.78 is 48.4. The molecule has 28 heavy (non-hydrogen) atoms. The Morgan fingerprint density at radius 3 is 2.36 bits per heavy atom. The van der Waals surface area contributed by atoms with E-state index in [0.717, 1.165) is 12.1 Å². The van der Waals surface area contributed by atoms with Gasteiger partial charge >= 0.3 is 12.1 Å². The second-order valence-corrected chi connectivity index (χ2v) is 6.25. The molecule has 0 unspecified atom stereocenters. The Hall–Kier alpha value is -2.74. The maximum atomic E-state index is 12.8. The molecule has 0 aliphatic carbocycles. The quantitative estimate of drug-likeness (QED) is 0.706. The molecule has 150 valence electrons. The van der Waals surface area contributed by atoms with Gasteiger partial charge in [0.25, 0.3) is 5.91 Å². The minimum Gasteiger partial charge on any atom is -0.497 e. The standard InChI is InChI=1S/C19H17ClF3NO4/c1-11(28-17(25)9-12-3-6-14(27-2)7-4-12)18(26)24-16-10-13(19(21,22)23)5-8-15(16)20/h3-8,10-11H,9H2,1-2H3,(H,24,26)/t11-/m0/s1. The molecule has 1 amide bonds. The Morgan fingerprint density at radius 1 is 1.14 bits per heavy atom. The van der Waals surface area contributed by atoms with Crippen molar-refractivity contribution < 1.29 is 32.2 Å². The highest BCUT2D eigenvalue weighted by Crippen LogP contribution is 2.33. The number of carbonyl (C=O) groups is 2. The van der Waals surface area contributed by atoms with Crippen molar-refractivity contribution in [3.05, 3.63) is 58.6 Å². The first-order valence-corrected chi connectivity index (χ1v) is 8.48. The number of carbonyl (C=O) groups excluding carboxylic acids is 2. The summed E-state index contributed by atoms with van der Waals surface area (Å²) in [6, 6.07) is 9.24. The Balaban J connectivity index is 1.97.